The zero-order chi connectivity index (χ0) is 19.1. The molecule has 1 aromatic heterocycles. The minimum absolute atomic E-state index is 0.202. The van der Waals surface area contributed by atoms with Gasteiger partial charge in [-0.25, -0.2) is 9.97 Å². The summed E-state index contributed by atoms with van der Waals surface area (Å²) in [6.45, 7) is 6.44. The topological polar surface area (TPSA) is 88.6 Å². The third-order valence-electron chi connectivity index (χ3n) is 4.25. The van der Waals surface area contributed by atoms with Crippen LogP contribution in [0.2, 0.25) is 0 Å². The summed E-state index contributed by atoms with van der Waals surface area (Å²) < 4.78 is 10.5. The number of nitrogens with zero attached hydrogens (tertiary/aromatic N) is 3. The van der Waals surface area contributed by atoms with Crippen LogP contribution in [0.5, 0.6) is 5.75 Å². The fourth-order valence-electron chi connectivity index (χ4n) is 2.81. The number of carbonyl (C=O) groups excluding carboxylic acids is 1. The molecule has 2 aromatic rings. The van der Waals surface area contributed by atoms with E-state index in [0.717, 1.165) is 44.3 Å². The molecular weight excluding hydrogens is 346 g/mol. The van der Waals surface area contributed by atoms with Gasteiger partial charge in [0.25, 0.3) is 5.91 Å². The summed E-state index contributed by atoms with van der Waals surface area (Å²) in [6.07, 6.45) is 0. The number of carbonyl (C=O) groups is 1. The van der Waals surface area contributed by atoms with Crippen LogP contribution in [0.1, 0.15) is 16.3 Å². The van der Waals surface area contributed by atoms with E-state index >= 15 is 0 Å². The number of rotatable bonds is 7. The molecule has 1 amide bonds. The van der Waals surface area contributed by atoms with Crippen molar-refractivity contribution in [2.75, 3.05) is 51.8 Å². The highest BCUT2D eigenvalue weighted by atomic mass is 16.5. The zero-order valence-electron chi connectivity index (χ0n) is 15.7. The van der Waals surface area contributed by atoms with E-state index in [-0.39, 0.29) is 5.91 Å². The smallest absolute Gasteiger partial charge is 0.270 e. The molecule has 144 valence electrons. The molecule has 0 aliphatic carbocycles. The van der Waals surface area contributed by atoms with E-state index in [2.05, 4.69) is 25.5 Å². The number of methoxy groups -OCH3 is 1. The summed E-state index contributed by atoms with van der Waals surface area (Å²) in [4.78, 5) is 23.3. The van der Waals surface area contributed by atoms with Crippen LogP contribution in [0.3, 0.4) is 0 Å². The molecule has 8 heteroatoms. The lowest BCUT2D eigenvalue weighted by Gasteiger charge is -2.26. The van der Waals surface area contributed by atoms with Crippen LogP contribution >= 0.6 is 0 Å². The number of nitrogens with one attached hydrogen (secondary N) is 2. The largest absolute Gasteiger partial charge is 0.497 e. The molecule has 0 atom stereocenters. The first-order chi connectivity index (χ1) is 13.1. The number of anilines is 2. The van der Waals surface area contributed by atoms with Gasteiger partial charge in [0.2, 0.25) is 0 Å². The fraction of sp³-hybridized carbons (Fsp3) is 0.421. The first-order valence-corrected chi connectivity index (χ1v) is 8.99. The van der Waals surface area contributed by atoms with Crippen molar-refractivity contribution >= 4 is 17.4 Å². The molecule has 0 unspecified atom stereocenters. The number of morpholine rings is 1. The average Bonchev–Trinajstić information content (AvgIpc) is 2.69. The van der Waals surface area contributed by atoms with Gasteiger partial charge in [-0.15, -0.1) is 0 Å². The molecular formula is C19H25N5O3. The highest BCUT2D eigenvalue weighted by molar-refractivity contribution is 5.93. The molecule has 0 radical (unpaired) electrons. The quantitative estimate of drug-likeness (QED) is 0.764. The molecule has 8 nitrogen and oxygen atoms in total. The summed E-state index contributed by atoms with van der Waals surface area (Å²) in [7, 11) is 1.63. The Morgan fingerprint density at radius 3 is 2.67 bits per heavy atom. The number of ether oxygens (including phenoxy) is 2. The maximum atomic E-state index is 12.4. The lowest BCUT2D eigenvalue weighted by Crippen LogP contribution is -2.41. The molecule has 1 aromatic carbocycles. The molecule has 3 rings (SSSR count). The molecule has 0 saturated carbocycles. The molecule has 1 aliphatic heterocycles. The van der Waals surface area contributed by atoms with Crippen LogP contribution in [0, 0.1) is 6.92 Å². The maximum Gasteiger partial charge on any atom is 0.270 e. The van der Waals surface area contributed by atoms with Crippen molar-refractivity contribution in [3.63, 3.8) is 0 Å². The number of aromatic nitrogens is 2. The van der Waals surface area contributed by atoms with E-state index in [0.29, 0.717) is 23.9 Å². The monoisotopic (exact) mass is 371 g/mol. The minimum Gasteiger partial charge on any atom is -0.497 e. The van der Waals surface area contributed by atoms with E-state index in [1.54, 1.807) is 20.1 Å². The number of hydrogen-bond acceptors (Lipinski definition) is 7. The Morgan fingerprint density at radius 2 is 1.96 bits per heavy atom. The van der Waals surface area contributed by atoms with Gasteiger partial charge in [-0.1, -0.05) is 0 Å². The van der Waals surface area contributed by atoms with E-state index in [9.17, 15) is 4.79 Å². The molecule has 2 N–H and O–H groups in total. The van der Waals surface area contributed by atoms with Crippen molar-refractivity contribution in [2.24, 2.45) is 0 Å². The summed E-state index contributed by atoms with van der Waals surface area (Å²) in [5.74, 6) is 1.68. The van der Waals surface area contributed by atoms with Crippen molar-refractivity contribution in [1.29, 1.82) is 0 Å². The number of amides is 1. The standard InChI is InChI=1S/C19H25N5O3/c1-14-21-17(19(25)20-7-8-24-9-11-27-12-10-24)13-18(22-14)23-15-3-5-16(26-2)6-4-15/h3-6,13H,7-12H2,1-2H3,(H,20,25)(H,21,22,23). The Morgan fingerprint density at radius 1 is 1.22 bits per heavy atom. The van der Waals surface area contributed by atoms with Gasteiger partial charge < -0.3 is 20.1 Å². The van der Waals surface area contributed by atoms with Gasteiger partial charge >= 0.3 is 0 Å². The van der Waals surface area contributed by atoms with Gasteiger partial charge in [-0.3, -0.25) is 9.69 Å². The lowest BCUT2D eigenvalue weighted by atomic mass is 10.3. The molecule has 27 heavy (non-hydrogen) atoms. The summed E-state index contributed by atoms with van der Waals surface area (Å²) in [5.41, 5.74) is 1.20. The Hall–Kier alpha value is -2.71. The van der Waals surface area contributed by atoms with Crippen LogP contribution < -0.4 is 15.4 Å². The summed E-state index contributed by atoms with van der Waals surface area (Å²) in [6, 6.07) is 9.14. The number of aryl methyl sites for hydroxylation is 1. The van der Waals surface area contributed by atoms with E-state index in [4.69, 9.17) is 9.47 Å². The Balaban J connectivity index is 1.58. The normalized spacial score (nSPS) is 14.6. The predicted octanol–water partition coefficient (Wildman–Crippen LogP) is 1.60. The Kier molecular flexibility index (Phi) is 6.56. The maximum absolute atomic E-state index is 12.4. The second kappa shape index (κ2) is 9.29. The van der Waals surface area contributed by atoms with Gasteiger partial charge in [0.1, 0.15) is 23.1 Å². The third kappa shape index (κ3) is 5.63. The van der Waals surface area contributed by atoms with Gasteiger partial charge in [-0.05, 0) is 31.2 Å². The molecule has 1 fully saturated rings. The lowest BCUT2D eigenvalue weighted by molar-refractivity contribution is 0.0383. The van der Waals surface area contributed by atoms with Crippen molar-refractivity contribution in [3.8, 4) is 5.75 Å². The molecule has 1 aliphatic rings. The van der Waals surface area contributed by atoms with Crippen LogP contribution in [0.15, 0.2) is 30.3 Å². The van der Waals surface area contributed by atoms with Gasteiger partial charge in [0.15, 0.2) is 0 Å². The van der Waals surface area contributed by atoms with Gasteiger partial charge in [0.05, 0.1) is 20.3 Å². The van der Waals surface area contributed by atoms with Crippen molar-refractivity contribution in [2.45, 2.75) is 6.92 Å². The SMILES string of the molecule is COc1ccc(Nc2cc(C(=O)NCCN3CCOCC3)nc(C)n2)cc1. The average molecular weight is 371 g/mol. The van der Waals surface area contributed by atoms with Crippen molar-refractivity contribution in [1.82, 2.24) is 20.2 Å². The number of benzene rings is 1. The van der Waals surface area contributed by atoms with E-state index < -0.39 is 0 Å². The minimum atomic E-state index is -0.202. The highest BCUT2D eigenvalue weighted by Crippen LogP contribution is 2.19. The molecule has 0 spiro atoms. The molecule has 0 bridgehead atoms. The van der Waals surface area contributed by atoms with Gasteiger partial charge in [0, 0.05) is 37.9 Å². The zero-order valence-corrected chi connectivity index (χ0v) is 15.7. The summed E-state index contributed by atoms with van der Waals surface area (Å²) >= 11 is 0. The molecule has 1 saturated heterocycles. The first kappa shape index (κ1) is 19.1. The van der Waals surface area contributed by atoms with Crippen LogP contribution in [-0.4, -0.2) is 67.3 Å². The second-order valence-electron chi connectivity index (χ2n) is 6.25. The second-order valence-corrected chi connectivity index (χ2v) is 6.25. The van der Waals surface area contributed by atoms with Crippen LogP contribution in [0.25, 0.3) is 0 Å². The third-order valence-corrected chi connectivity index (χ3v) is 4.25. The van der Waals surface area contributed by atoms with Crippen LogP contribution in [-0.2, 0) is 4.74 Å². The van der Waals surface area contributed by atoms with Gasteiger partial charge in [-0.2, -0.15) is 0 Å². The number of hydrogen-bond donors (Lipinski definition) is 2. The predicted molar refractivity (Wildman–Crippen MR) is 103 cm³/mol. The fourth-order valence-corrected chi connectivity index (χ4v) is 2.81. The van der Waals surface area contributed by atoms with E-state index in [1.807, 2.05) is 24.3 Å². The first-order valence-electron chi connectivity index (χ1n) is 8.99. The van der Waals surface area contributed by atoms with Crippen molar-refractivity contribution in [3.05, 3.63) is 41.9 Å². The summed E-state index contributed by atoms with van der Waals surface area (Å²) in [5, 5.41) is 6.11. The highest BCUT2D eigenvalue weighted by Gasteiger charge is 2.13. The molecule has 2 heterocycles. The Labute approximate surface area is 158 Å². The van der Waals surface area contributed by atoms with E-state index in [1.165, 1.54) is 0 Å². The van der Waals surface area contributed by atoms with Crippen molar-refractivity contribution < 1.29 is 14.3 Å². The van der Waals surface area contributed by atoms with Crippen LogP contribution in [0.4, 0.5) is 11.5 Å². The Bertz CT molecular complexity index is 760.